The molecular formula is C16H19Cl4FO4. The van der Waals surface area contributed by atoms with E-state index in [4.69, 9.17) is 46.4 Å². The van der Waals surface area contributed by atoms with E-state index >= 15 is 0 Å². The van der Waals surface area contributed by atoms with E-state index in [0.717, 1.165) is 6.08 Å². The van der Waals surface area contributed by atoms with Gasteiger partial charge in [-0.25, -0.2) is 0 Å². The fourth-order valence-corrected chi connectivity index (χ4v) is 6.07. The lowest BCUT2D eigenvalue weighted by Crippen LogP contribution is -2.42. The van der Waals surface area contributed by atoms with Gasteiger partial charge in [-0.15, -0.1) is 0 Å². The number of alkyl halides is 3. The molecule has 2 fully saturated rings. The van der Waals surface area contributed by atoms with E-state index in [9.17, 15) is 24.2 Å². The van der Waals surface area contributed by atoms with Crippen LogP contribution < -0.4 is 0 Å². The average molecular weight is 436 g/mol. The number of halogens is 5. The quantitative estimate of drug-likeness (QED) is 0.578. The second-order valence-corrected chi connectivity index (χ2v) is 10.9. The van der Waals surface area contributed by atoms with Crippen molar-refractivity contribution in [3.05, 3.63) is 11.4 Å². The molecule has 0 saturated heterocycles. The smallest absolute Gasteiger partial charge is 0.312 e. The monoisotopic (exact) mass is 434 g/mol. The molecule has 2 saturated carbocycles. The van der Waals surface area contributed by atoms with E-state index in [2.05, 4.69) is 0 Å². The van der Waals surface area contributed by atoms with Gasteiger partial charge in [-0.2, -0.15) is 4.39 Å². The van der Waals surface area contributed by atoms with Gasteiger partial charge in [0.15, 0.2) is 9.08 Å². The second kappa shape index (κ2) is 5.63. The van der Waals surface area contributed by atoms with Crippen LogP contribution in [0.1, 0.15) is 34.1 Å². The summed E-state index contributed by atoms with van der Waals surface area (Å²) in [4.78, 5) is 24.7. The van der Waals surface area contributed by atoms with Gasteiger partial charge in [0.2, 0.25) is 0 Å². The normalized spacial score (nSPS) is 39.0. The van der Waals surface area contributed by atoms with E-state index in [1.807, 2.05) is 0 Å². The number of rotatable bonds is 5. The second-order valence-electron chi connectivity index (χ2n) is 7.98. The molecule has 4 nitrogen and oxygen atoms in total. The van der Waals surface area contributed by atoms with Gasteiger partial charge in [-0.3, -0.25) is 9.59 Å². The minimum atomic E-state index is -1.76. The molecule has 0 spiro atoms. The van der Waals surface area contributed by atoms with E-state index in [-0.39, 0.29) is 6.42 Å². The molecule has 0 aromatic heterocycles. The number of hydrogen-bond acceptors (Lipinski definition) is 2. The first-order chi connectivity index (χ1) is 11.0. The molecule has 4 unspecified atom stereocenters. The third-order valence-corrected chi connectivity index (χ3v) is 7.12. The lowest BCUT2D eigenvalue weighted by atomic mass is 9.73. The van der Waals surface area contributed by atoms with Crippen molar-refractivity contribution in [3.8, 4) is 0 Å². The van der Waals surface area contributed by atoms with Crippen molar-refractivity contribution >= 4 is 58.3 Å². The minimum Gasteiger partial charge on any atom is -0.481 e. The van der Waals surface area contributed by atoms with Crippen LogP contribution in [0.15, 0.2) is 11.4 Å². The summed E-state index contributed by atoms with van der Waals surface area (Å²) in [6.07, 6.45) is 0.850. The molecule has 0 amide bonds. The number of aliphatic carboxylic acids is 2. The fourth-order valence-electron chi connectivity index (χ4n) is 5.48. The van der Waals surface area contributed by atoms with Crippen LogP contribution >= 0.6 is 46.4 Å². The minimum absolute atomic E-state index is 0.123. The zero-order valence-electron chi connectivity index (χ0n) is 14.0. The number of hydrogen-bond donors (Lipinski definition) is 2. The molecule has 25 heavy (non-hydrogen) atoms. The molecule has 142 valence electrons. The van der Waals surface area contributed by atoms with E-state index < -0.39 is 54.5 Å². The Kier molecular flexibility index (Phi) is 4.75. The molecule has 0 heterocycles. The maximum Gasteiger partial charge on any atom is 0.312 e. The SMILES string of the molecule is CC1(C)C(C=C(F)Cl)C1(C(=O)O)C1(C(=O)O)C(CC(Cl)(Cl)Cl)C1(C)C. The number of allylic oxidation sites excluding steroid dienone is 1. The van der Waals surface area contributed by atoms with Crippen LogP contribution in [0, 0.1) is 33.5 Å². The Labute approximate surface area is 165 Å². The number of carboxylic acid groups (broad SMARTS) is 2. The molecule has 2 aliphatic carbocycles. The first-order valence-corrected chi connectivity index (χ1v) is 9.10. The van der Waals surface area contributed by atoms with Crippen LogP contribution in [0.2, 0.25) is 0 Å². The lowest BCUT2D eigenvalue weighted by molar-refractivity contribution is -0.163. The van der Waals surface area contributed by atoms with Crippen LogP contribution in [0.4, 0.5) is 4.39 Å². The van der Waals surface area contributed by atoms with Crippen LogP contribution in [0.3, 0.4) is 0 Å². The summed E-state index contributed by atoms with van der Waals surface area (Å²) in [6, 6.07) is 0. The Balaban J connectivity index is 2.70. The van der Waals surface area contributed by atoms with Crippen LogP contribution in [0.5, 0.6) is 0 Å². The van der Waals surface area contributed by atoms with Crippen molar-refractivity contribution in [2.75, 3.05) is 0 Å². The van der Waals surface area contributed by atoms with Crippen molar-refractivity contribution < 1.29 is 24.2 Å². The van der Waals surface area contributed by atoms with Crippen molar-refractivity contribution in [1.82, 2.24) is 0 Å². The summed E-state index contributed by atoms with van der Waals surface area (Å²) >= 11 is 22.9. The Morgan fingerprint density at radius 3 is 1.80 bits per heavy atom. The molecule has 0 aromatic rings. The summed E-state index contributed by atoms with van der Waals surface area (Å²) in [6.45, 7) is 6.46. The molecule has 0 aromatic carbocycles. The molecule has 0 radical (unpaired) electrons. The summed E-state index contributed by atoms with van der Waals surface area (Å²) in [5.74, 6) is -4.22. The highest BCUT2D eigenvalue weighted by molar-refractivity contribution is 6.67. The Bertz CT molecular complexity index is 666. The van der Waals surface area contributed by atoms with Gasteiger partial charge < -0.3 is 10.2 Å². The zero-order chi connectivity index (χ0) is 19.8. The first kappa shape index (κ1) is 21.1. The van der Waals surface area contributed by atoms with E-state index in [0.29, 0.717) is 0 Å². The predicted molar refractivity (Wildman–Crippen MR) is 94.6 cm³/mol. The van der Waals surface area contributed by atoms with Gasteiger partial charge >= 0.3 is 11.9 Å². The Hall–Kier alpha value is -0.230. The third kappa shape index (κ3) is 2.45. The maximum atomic E-state index is 13.3. The van der Waals surface area contributed by atoms with Gasteiger partial charge in [0.25, 0.3) is 0 Å². The molecule has 0 aliphatic heterocycles. The highest BCUT2D eigenvalue weighted by atomic mass is 35.6. The van der Waals surface area contributed by atoms with Gasteiger partial charge in [0, 0.05) is 5.92 Å². The number of carbonyl (C=O) groups is 2. The molecule has 2 aliphatic rings. The van der Waals surface area contributed by atoms with Crippen molar-refractivity contribution in [3.63, 3.8) is 0 Å². The van der Waals surface area contributed by atoms with Crippen molar-refractivity contribution in [2.24, 2.45) is 33.5 Å². The zero-order valence-corrected chi connectivity index (χ0v) is 17.1. The molecule has 4 atom stereocenters. The van der Waals surface area contributed by atoms with Crippen molar-refractivity contribution in [2.45, 2.75) is 37.9 Å². The Morgan fingerprint density at radius 1 is 1.04 bits per heavy atom. The van der Waals surface area contributed by atoms with Gasteiger partial charge in [0.05, 0.1) is 10.8 Å². The fraction of sp³-hybridized carbons (Fsp3) is 0.750. The van der Waals surface area contributed by atoms with Crippen LogP contribution in [-0.4, -0.2) is 25.9 Å². The van der Waals surface area contributed by atoms with Crippen molar-refractivity contribution in [1.29, 1.82) is 0 Å². The molecule has 2 rings (SSSR count). The predicted octanol–water partition coefficient (Wildman–Crippen LogP) is 5.25. The maximum absolute atomic E-state index is 13.3. The lowest BCUT2D eigenvalue weighted by Gasteiger charge is -2.28. The van der Waals surface area contributed by atoms with Crippen LogP contribution in [-0.2, 0) is 9.59 Å². The standard InChI is InChI=1S/C16H19Cl4FO4/c1-12(2)7(5-9(17)21)15(12,10(22)23)16(11(24)25)8(13(16,3)4)6-14(18,19)20/h5,7-8H,6H2,1-4H3,(H,22,23)(H,24,25). The third-order valence-electron chi connectivity index (χ3n) is 6.53. The Morgan fingerprint density at radius 2 is 1.48 bits per heavy atom. The van der Waals surface area contributed by atoms with Gasteiger partial charge in [-0.05, 0) is 29.2 Å². The average Bonchev–Trinajstić information content (AvgIpc) is 3.03. The van der Waals surface area contributed by atoms with Gasteiger partial charge in [0.1, 0.15) is 0 Å². The summed E-state index contributed by atoms with van der Waals surface area (Å²) in [5.41, 5.74) is -5.48. The first-order valence-electron chi connectivity index (χ1n) is 7.59. The largest absolute Gasteiger partial charge is 0.481 e. The molecule has 9 heteroatoms. The highest BCUT2D eigenvalue weighted by Gasteiger charge is 2.96. The molecular weight excluding hydrogens is 417 g/mol. The van der Waals surface area contributed by atoms with E-state index in [1.165, 1.54) is 0 Å². The van der Waals surface area contributed by atoms with Gasteiger partial charge in [-0.1, -0.05) is 74.1 Å². The summed E-state index contributed by atoms with van der Waals surface area (Å²) < 4.78 is 11.6. The van der Waals surface area contributed by atoms with E-state index in [1.54, 1.807) is 27.7 Å². The topological polar surface area (TPSA) is 74.6 Å². The molecule has 0 bridgehead atoms. The molecule has 2 N–H and O–H groups in total. The van der Waals surface area contributed by atoms with Crippen LogP contribution in [0.25, 0.3) is 0 Å². The summed E-state index contributed by atoms with van der Waals surface area (Å²) in [7, 11) is 0. The highest BCUT2D eigenvalue weighted by Crippen LogP contribution is 2.91. The number of carboxylic acids is 2. The summed E-state index contributed by atoms with van der Waals surface area (Å²) in [5, 5.41) is 19.0.